The third-order valence-electron chi connectivity index (χ3n) is 3.81. The van der Waals surface area contributed by atoms with Crippen LogP contribution >= 0.6 is 0 Å². The maximum atomic E-state index is 4.81. The van der Waals surface area contributed by atoms with Crippen molar-refractivity contribution < 1.29 is 0 Å². The Bertz CT molecular complexity index is 529. The molecule has 0 saturated carbocycles. The molecule has 1 aliphatic rings. The highest BCUT2D eigenvalue weighted by Crippen LogP contribution is 2.29. The Morgan fingerprint density at radius 2 is 2.18 bits per heavy atom. The Labute approximate surface area is 102 Å². The van der Waals surface area contributed by atoms with E-state index in [1.54, 1.807) is 0 Å². The van der Waals surface area contributed by atoms with Gasteiger partial charge in [-0.05, 0) is 38.4 Å². The van der Waals surface area contributed by atoms with Gasteiger partial charge in [-0.1, -0.05) is 12.1 Å². The van der Waals surface area contributed by atoms with Crippen LogP contribution in [0.15, 0.2) is 24.3 Å². The van der Waals surface area contributed by atoms with Gasteiger partial charge in [-0.15, -0.1) is 0 Å². The normalized spacial score (nSPS) is 25.3. The molecule has 0 spiro atoms. The molecule has 2 atom stereocenters. The number of rotatable bonds is 1. The Morgan fingerprint density at radius 3 is 2.94 bits per heavy atom. The molecule has 1 aromatic heterocycles. The predicted octanol–water partition coefficient (Wildman–Crippen LogP) is 2.43. The van der Waals surface area contributed by atoms with E-state index in [1.165, 1.54) is 24.2 Å². The summed E-state index contributed by atoms with van der Waals surface area (Å²) in [4.78, 5) is 4.81. The molecule has 3 nitrogen and oxygen atoms in total. The summed E-state index contributed by atoms with van der Waals surface area (Å²) < 4.78 is 2.26. The van der Waals surface area contributed by atoms with Crippen LogP contribution in [0.4, 0.5) is 0 Å². The number of hydrogen-bond donors (Lipinski definition) is 1. The van der Waals surface area contributed by atoms with E-state index in [2.05, 4.69) is 48.1 Å². The van der Waals surface area contributed by atoms with Gasteiger partial charge in [0.25, 0.3) is 0 Å². The van der Waals surface area contributed by atoms with Crippen molar-refractivity contribution in [2.45, 2.75) is 31.7 Å². The molecule has 3 heteroatoms. The summed E-state index contributed by atoms with van der Waals surface area (Å²) in [5.41, 5.74) is 2.37. The van der Waals surface area contributed by atoms with E-state index in [0.29, 0.717) is 12.0 Å². The van der Waals surface area contributed by atoms with Crippen molar-refractivity contribution in [3.05, 3.63) is 30.1 Å². The van der Waals surface area contributed by atoms with Gasteiger partial charge in [0.05, 0.1) is 11.0 Å². The molecule has 90 valence electrons. The number of hydrogen-bond acceptors (Lipinski definition) is 2. The summed E-state index contributed by atoms with van der Waals surface area (Å²) >= 11 is 0. The molecule has 2 aromatic rings. The second kappa shape index (κ2) is 4.15. The van der Waals surface area contributed by atoms with E-state index in [4.69, 9.17) is 4.98 Å². The Kier molecular flexibility index (Phi) is 2.63. The summed E-state index contributed by atoms with van der Waals surface area (Å²) in [5.74, 6) is 1.85. The fraction of sp³-hybridized carbons (Fsp3) is 0.500. The zero-order valence-electron chi connectivity index (χ0n) is 10.5. The molecule has 2 heterocycles. The van der Waals surface area contributed by atoms with Gasteiger partial charge in [-0.3, -0.25) is 0 Å². The Morgan fingerprint density at radius 1 is 1.35 bits per heavy atom. The van der Waals surface area contributed by atoms with Gasteiger partial charge in [0.15, 0.2) is 0 Å². The van der Waals surface area contributed by atoms with Crippen LogP contribution < -0.4 is 5.32 Å². The quantitative estimate of drug-likeness (QED) is 0.814. The highest BCUT2D eigenvalue weighted by Gasteiger charge is 2.24. The first-order valence-corrected chi connectivity index (χ1v) is 6.40. The van der Waals surface area contributed by atoms with Crippen molar-refractivity contribution in [2.75, 3.05) is 6.54 Å². The average molecular weight is 229 g/mol. The predicted molar refractivity (Wildman–Crippen MR) is 70.2 cm³/mol. The van der Waals surface area contributed by atoms with Gasteiger partial charge in [-0.2, -0.15) is 0 Å². The standard InChI is InChI=1S/C14H19N3/c1-10-9-11(7-8-15-10)14-16-12-5-3-4-6-13(12)17(14)2/h3-6,10-11,15H,7-9H2,1-2H3. The molecule has 0 bridgehead atoms. The van der Waals surface area contributed by atoms with Gasteiger partial charge in [0.2, 0.25) is 0 Å². The molecule has 0 amide bonds. The number of nitrogens with one attached hydrogen (secondary N) is 1. The van der Waals surface area contributed by atoms with Crippen LogP contribution in [0.2, 0.25) is 0 Å². The second-order valence-electron chi connectivity index (χ2n) is 5.09. The second-order valence-corrected chi connectivity index (χ2v) is 5.09. The van der Waals surface area contributed by atoms with Crippen LogP contribution in [0.1, 0.15) is 31.5 Å². The van der Waals surface area contributed by atoms with Crippen molar-refractivity contribution in [1.82, 2.24) is 14.9 Å². The summed E-state index contributed by atoms with van der Waals surface area (Å²) in [6.45, 7) is 3.36. The lowest BCUT2D eigenvalue weighted by molar-refractivity contribution is 0.367. The van der Waals surface area contributed by atoms with E-state index < -0.39 is 0 Å². The van der Waals surface area contributed by atoms with Crippen LogP contribution in [-0.4, -0.2) is 22.1 Å². The molecule has 0 aliphatic carbocycles. The van der Waals surface area contributed by atoms with Crippen molar-refractivity contribution in [3.63, 3.8) is 0 Å². The summed E-state index contributed by atoms with van der Waals surface area (Å²) in [6, 6.07) is 9.00. The molecule has 1 fully saturated rings. The monoisotopic (exact) mass is 229 g/mol. The molecule has 3 rings (SSSR count). The van der Waals surface area contributed by atoms with Crippen LogP contribution in [0, 0.1) is 0 Å². The van der Waals surface area contributed by atoms with Crippen LogP contribution in [0.3, 0.4) is 0 Å². The van der Waals surface area contributed by atoms with Crippen molar-refractivity contribution in [2.24, 2.45) is 7.05 Å². The summed E-state index contributed by atoms with van der Waals surface area (Å²) in [7, 11) is 2.14. The molecule has 1 aliphatic heterocycles. The molecule has 1 saturated heterocycles. The minimum absolute atomic E-state index is 0.601. The minimum atomic E-state index is 0.601. The van der Waals surface area contributed by atoms with Gasteiger partial charge in [-0.25, -0.2) is 4.98 Å². The first kappa shape index (κ1) is 10.8. The number of fused-ring (bicyclic) bond motifs is 1. The number of nitrogens with zero attached hydrogens (tertiary/aromatic N) is 2. The molecule has 0 radical (unpaired) electrons. The zero-order chi connectivity index (χ0) is 11.8. The minimum Gasteiger partial charge on any atom is -0.331 e. The third-order valence-corrected chi connectivity index (χ3v) is 3.81. The number of para-hydroxylation sites is 2. The van der Waals surface area contributed by atoms with Crippen LogP contribution in [0.5, 0.6) is 0 Å². The maximum Gasteiger partial charge on any atom is 0.112 e. The molecule has 1 aromatic carbocycles. The highest BCUT2D eigenvalue weighted by atomic mass is 15.1. The smallest absolute Gasteiger partial charge is 0.112 e. The lowest BCUT2D eigenvalue weighted by Crippen LogP contribution is -2.35. The molecule has 2 unspecified atom stereocenters. The summed E-state index contributed by atoms with van der Waals surface area (Å²) in [5, 5.41) is 3.50. The highest BCUT2D eigenvalue weighted by molar-refractivity contribution is 5.75. The third kappa shape index (κ3) is 1.84. The van der Waals surface area contributed by atoms with E-state index in [0.717, 1.165) is 12.1 Å². The molecular weight excluding hydrogens is 210 g/mol. The van der Waals surface area contributed by atoms with Gasteiger partial charge in [0, 0.05) is 19.0 Å². The average Bonchev–Trinajstić information content (AvgIpc) is 2.68. The maximum absolute atomic E-state index is 4.81. The lowest BCUT2D eigenvalue weighted by Gasteiger charge is -2.27. The van der Waals surface area contributed by atoms with Crippen molar-refractivity contribution in [1.29, 1.82) is 0 Å². The Balaban J connectivity index is 2.02. The lowest BCUT2D eigenvalue weighted by atomic mass is 9.92. The van der Waals surface area contributed by atoms with Crippen LogP contribution in [0.25, 0.3) is 11.0 Å². The fourth-order valence-corrected chi connectivity index (χ4v) is 2.90. The van der Waals surface area contributed by atoms with E-state index in [1.807, 2.05) is 0 Å². The largest absolute Gasteiger partial charge is 0.331 e. The van der Waals surface area contributed by atoms with E-state index in [-0.39, 0.29) is 0 Å². The van der Waals surface area contributed by atoms with Gasteiger partial charge in [0.1, 0.15) is 5.82 Å². The van der Waals surface area contributed by atoms with E-state index in [9.17, 15) is 0 Å². The van der Waals surface area contributed by atoms with Crippen molar-refractivity contribution in [3.8, 4) is 0 Å². The van der Waals surface area contributed by atoms with Crippen molar-refractivity contribution >= 4 is 11.0 Å². The SMILES string of the molecule is CC1CC(c2nc3ccccc3n2C)CCN1. The first-order chi connectivity index (χ1) is 8.25. The number of aryl methyl sites for hydroxylation is 1. The first-order valence-electron chi connectivity index (χ1n) is 6.40. The molecule has 1 N–H and O–H groups in total. The fourth-order valence-electron chi connectivity index (χ4n) is 2.90. The number of benzene rings is 1. The topological polar surface area (TPSA) is 29.9 Å². The molecular formula is C14H19N3. The Hall–Kier alpha value is -1.35. The number of imidazole rings is 1. The molecule has 17 heavy (non-hydrogen) atoms. The summed E-state index contributed by atoms with van der Waals surface area (Å²) in [6.07, 6.45) is 2.39. The number of piperidine rings is 1. The number of aromatic nitrogens is 2. The van der Waals surface area contributed by atoms with Gasteiger partial charge >= 0.3 is 0 Å². The zero-order valence-corrected chi connectivity index (χ0v) is 10.5. The van der Waals surface area contributed by atoms with E-state index >= 15 is 0 Å². The van der Waals surface area contributed by atoms with Crippen LogP contribution in [-0.2, 0) is 7.05 Å². The van der Waals surface area contributed by atoms with Gasteiger partial charge < -0.3 is 9.88 Å².